The number of aromatic amines is 1. The number of carboxylic acids is 1. The van der Waals surface area contributed by atoms with Crippen LogP contribution in [0.15, 0.2) is 29.1 Å². The largest absolute Gasteiger partial charge is 0.480 e. The molecule has 2 N–H and O–H groups in total. The highest BCUT2D eigenvalue weighted by Crippen LogP contribution is 2.23. The van der Waals surface area contributed by atoms with Crippen LogP contribution < -0.4 is 5.56 Å². The zero-order valence-corrected chi connectivity index (χ0v) is 13.0. The Kier molecular flexibility index (Phi) is 4.63. The van der Waals surface area contributed by atoms with Crippen LogP contribution in [-0.4, -0.2) is 44.4 Å². The Hall–Kier alpha value is -3.23. The van der Waals surface area contributed by atoms with Crippen LogP contribution in [0.1, 0.15) is 24.2 Å². The van der Waals surface area contributed by atoms with Gasteiger partial charge in [0.05, 0.1) is 10.5 Å². The third kappa shape index (κ3) is 3.40. The molecule has 1 heterocycles. The van der Waals surface area contributed by atoms with E-state index in [4.69, 9.17) is 5.11 Å². The number of aliphatic carboxylic acids is 1. The first-order valence-electron chi connectivity index (χ1n) is 7.05. The molecule has 2 aromatic rings. The molecule has 0 saturated heterocycles. The smallest absolute Gasteiger partial charge is 0.323 e. The van der Waals surface area contributed by atoms with E-state index < -0.39 is 34.9 Å². The lowest BCUT2D eigenvalue weighted by Gasteiger charge is -2.25. The third-order valence-electron chi connectivity index (χ3n) is 3.46. The number of fused-ring (bicyclic) bond motifs is 1. The normalized spacial score (nSPS) is 10.8. The lowest BCUT2D eigenvalue weighted by molar-refractivity contribution is -0.384. The van der Waals surface area contributed by atoms with Gasteiger partial charge in [0.1, 0.15) is 6.54 Å². The second kappa shape index (κ2) is 6.49. The molecule has 126 valence electrons. The Bertz CT molecular complexity index is 886. The summed E-state index contributed by atoms with van der Waals surface area (Å²) in [6.45, 7) is 2.73. The van der Waals surface area contributed by atoms with Crippen molar-refractivity contribution in [1.82, 2.24) is 9.88 Å². The van der Waals surface area contributed by atoms with Gasteiger partial charge in [-0.15, -0.1) is 0 Å². The molecule has 1 aromatic carbocycles. The van der Waals surface area contributed by atoms with Crippen LogP contribution in [0.25, 0.3) is 10.9 Å². The van der Waals surface area contributed by atoms with E-state index in [1.807, 2.05) is 0 Å². The number of nitrogens with one attached hydrogen (secondary N) is 1. The number of amides is 1. The fraction of sp³-hybridized carbons (Fsp3) is 0.267. The Morgan fingerprint density at radius 3 is 2.54 bits per heavy atom. The molecular formula is C15H15N3O6. The van der Waals surface area contributed by atoms with Crippen molar-refractivity contribution in [2.75, 3.05) is 6.54 Å². The van der Waals surface area contributed by atoms with E-state index in [-0.39, 0.29) is 22.2 Å². The van der Waals surface area contributed by atoms with Crippen LogP contribution >= 0.6 is 0 Å². The molecule has 0 atom stereocenters. The number of pyridine rings is 1. The molecule has 0 saturated carbocycles. The summed E-state index contributed by atoms with van der Waals surface area (Å²) in [6, 6.07) is 4.32. The molecule has 1 aromatic heterocycles. The van der Waals surface area contributed by atoms with Crippen molar-refractivity contribution in [3.63, 3.8) is 0 Å². The summed E-state index contributed by atoms with van der Waals surface area (Å²) in [5.41, 5.74) is -0.612. The van der Waals surface area contributed by atoms with Crippen LogP contribution in [-0.2, 0) is 4.79 Å². The number of carbonyl (C=O) groups excluding carboxylic acids is 1. The maximum absolute atomic E-state index is 12.7. The van der Waals surface area contributed by atoms with Gasteiger partial charge in [0.2, 0.25) is 5.56 Å². The standard InChI is InChI=1S/C15H15N3O6/c1-8(2)17(7-14(20)21)15(22)11-6-13(19)16-12-4-3-9(18(23)24)5-10(11)12/h3-6,8H,7H2,1-2H3,(H,16,19)(H,20,21). The fourth-order valence-corrected chi connectivity index (χ4v) is 2.32. The molecule has 0 aliphatic heterocycles. The van der Waals surface area contributed by atoms with E-state index in [0.717, 1.165) is 11.0 Å². The van der Waals surface area contributed by atoms with Crippen LogP contribution in [0.2, 0.25) is 0 Å². The molecular weight excluding hydrogens is 318 g/mol. The first kappa shape index (κ1) is 17.1. The van der Waals surface area contributed by atoms with E-state index in [0.29, 0.717) is 0 Å². The summed E-state index contributed by atoms with van der Waals surface area (Å²) in [7, 11) is 0. The second-order valence-electron chi connectivity index (χ2n) is 5.45. The molecule has 9 nitrogen and oxygen atoms in total. The number of non-ortho nitro benzene ring substituents is 1. The minimum Gasteiger partial charge on any atom is -0.480 e. The van der Waals surface area contributed by atoms with Gasteiger partial charge >= 0.3 is 5.97 Å². The highest BCUT2D eigenvalue weighted by molar-refractivity contribution is 6.07. The second-order valence-corrected chi connectivity index (χ2v) is 5.45. The number of rotatable bonds is 5. The molecule has 0 spiro atoms. The van der Waals surface area contributed by atoms with Gasteiger partial charge in [0.25, 0.3) is 11.6 Å². The van der Waals surface area contributed by atoms with E-state index >= 15 is 0 Å². The molecule has 0 aliphatic carbocycles. The molecule has 2 rings (SSSR count). The van der Waals surface area contributed by atoms with Gasteiger partial charge in [-0.3, -0.25) is 24.5 Å². The number of nitro groups is 1. The molecule has 0 unspecified atom stereocenters. The topological polar surface area (TPSA) is 134 Å². The van der Waals surface area contributed by atoms with Crippen molar-refractivity contribution in [2.24, 2.45) is 0 Å². The lowest BCUT2D eigenvalue weighted by atomic mass is 10.1. The summed E-state index contributed by atoms with van der Waals surface area (Å²) in [5.74, 6) is -1.87. The van der Waals surface area contributed by atoms with Gasteiger partial charge in [-0.1, -0.05) is 0 Å². The van der Waals surface area contributed by atoms with Crippen LogP contribution in [0.4, 0.5) is 5.69 Å². The van der Waals surface area contributed by atoms with E-state index in [1.54, 1.807) is 13.8 Å². The Labute approximate surface area is 135 Å². The molecule has 24 heavy (non-hydrogen) atoms. The Balaban J connectivity index is 2.66. The molecule has 0 bridgehead atoms. The van der Waals surface area contributed by atoms with Crippen molar-refractivity contribution in [3.8, 4) is 0 Å². The summed E-state index contributed by atoms with van der Waals surface area (Å²) < 4.78 is 0. The monoisotopic (exact) mass is 333 g/mol. The van der Waals surface area contributed by atoms with Crippen molar-refractivity contribution < 1.29 is 19.6 Å². The third-order valence-corrected chi connectivity index (χ3v) is 3.46. The number of aromatic nitrogens is 1. The van der Waals surface area contributed by atoms with E-state index in [9.17, 15) is 24.5 Å². The van der Waals surface area contributed by atoms with E-state index in [2.05, 4.69) is 4.98 Å². The predicted octanol–water partition coefficient (Wildman–Crippen LogP) is 1.37. The molecule has 0 radical (unpaired) electrons. The quantitative estimate of drug-likeness (QED) is 0.627. The minimum absolute atomic E-state index is 0.0765. The maximum Gasteiger partial charge on any atom is 0.323 e. The first-order valence-corrected chi connectivity index (χ1v) is 7.05. The van der Waals surface area contributed by atoms with Gasteiger partial charge < -0.3 is 15.0 Å². The molecule has 1 amide bonds. The average molecular weight is 333 g/mol. The number of H-pyrrole nitrogens is 1. The number of nitrogens with zero attached hydrogens (tertiary/aromatic N) is 2. The molecule has 0 aliphatic rings. The van der Waals surface area contributed by atoms with E-state index in [1.165, 1.54) is 18.2 Å². The van der Waals surface area contributed by atoms with Crippen molar-refractivity contribution in [1.29, 1.82) is 0 Å². The molecule has 9 heteroatoms. The fourth-order valence-electron chi connectivity index (χ4n) is 2.32. The van der Waals surface area contributed by atoms with Gasteiger partial charge in [0.15, 0.2) is 0 Å². The summed E-state index contributed by atoms with van der Waals surface area (Å²) in [6.07, 6.45) is 0. The predicted molar refractivity (Wildman–Crippen MR) is 85.0 cm³/mol. The number of benzene rings is 1. The first-order chi connectivity index (χ1) is 11.2. The Morgan fingerprint density at radius 1 is 1.33 bits per heavy atom. The van der Waals surface area contributed by atoms with Crippen molar-refractivity contribution >= 4 is 28.5 Å². The summed E-state index contributed by atoms with van der Waals surface area (Å²) in [4.78, 5) is 49.3. The van der Waals surface area contributed by atoms with Crippen LogP contribution in [0, 0.1) is 10.1 Å². The molecule has 0 fully saturated rings. The van der Waals surface area contributed by atoms with Gasteiger partial charge in [0, 0.05) is 35.1 Å². The number of carboxylic acid groups (broad SMARTS) is 1. The minimum atomic E-state index is -1.20. The zero-order valence-electron chi connectivity index (χ0n) is 13.0. The average Bonchev–Trinajstić information content (AvgIpc) is 2.50. The SMILES string of the molecule is CC(C)N(CC(=O)O)C(=O)c1cc(=O)[nH]c2ccc([N+](=O)[O-])cc12. The number of carbonyl (C=O) groups is 2. The number of hydrogen-bond acceptors (Lipinski definition) is 5. The van der Waals surface area contributed by atoms with Gasteiger partial charge in [-0.05, 0) is 19.9 Å². The van der Waals surface area contributed by atoms with Gasteiger partial charge in [-0.25, -0.2) is 0 Å². The maximum atomic E-state index is 12.7. The zero-order chi connectivity index (χ0) is 18.0. The Morgan fingerprint density at radius 2 is 2.00 bits per heavy atom. The van der Waals surface area contributed by atoms with Crippen molar-refractivity contribution in [3.05, 3.63) is 50.3 Å². The van der Waals surface area contributed by atoms with Crippen LogP contribution in [0.5, 0.6) is 0 Å². The lowest BCUT2D eigenvalue weighted by Crippen LogP contribution is -2.41. The number of nitro benzene ring substituents is 1. The highest BCUT2D eigenvalue weighted by atomic mass is 16.6. The van der Waals surface area contributed by atoms with Crippen molar-refractivity contribution in [2.45, 2.75) is 19.9 Å². The van der Waals surface area contributed by atoms with Crippen LogP contribution in [0.3, 0.4) is 0 Å². The summed E-state index contributed by atoms with van der Waals surface area (Å²) in [5, 5.41) is 20.1. The summed E-state index contributed by atoms with van der Waals surface area (Å²) >= 11 is 0. The van der Waals surface area contributed by atoms with Gasteiger partial charge in [-0.2, -0.15) is 0 Å². The number of hydrogen-bond donors (Lipinski definition) is 2. The highest BCUT2D eigenvalue weighted by Gasteiger charge is 2.24.